The van der Waals surface area contributed by atoms with E-state index in [4.69, 9.17) is 10.7 Å². The molecule has 3 rings (SSSR count). The van der Waals surface area contributed by atoms with Gasteiger partial charge >= 0.3 is 10.3 Å². The highest BCUT2D eigenvalue weighted by Gasteiger charge is 2.34. The van der Waals surface area contributed by atoms with E-state index >= 15 is 0 Å². The van der Waals surface area contributed by atoms with E-state index in [0.29, 0.717) is 31.0 Å². The molecule has 3 unspecified atom stereocenters. The summed E-state index contributed by atoms with van der Waals surface area (Å²) in [6.45, 7) is 0.467. The second-order valence-electron chi connectivity index (χ2n) is 7.46. The van der Waals surface area contributed by atoms with Crippen LogP contribution in [0.25, 0.3) is 0 Å². The van der Waals surface area contributed by atoms with Crippen LogP contribution >= 0.6 is 0 Å². The van der Waals surface area contributed by atoms with E-state index in [2.05, 4.69) is 42.0 Å². The molecule has 0 amide bonds. The van der Waals surface area contributed by atoms with E-state index in [9.17, 15) is 13.5 Å². The van der Waals surface area contributed by atoms with E-state index < -0.39 is 16.4 Å². The number of benzene rings is 1. The zero-order chi connectivity index (χ0) is 22.3. The Hall–Kier alpha value is -2.67. The van der Waals surface area contributed by atoms with Crippen LogP contribution in [0.5, 0.6) is 0 Å². The molecule has 0 saturated heterocycles. The Labute approximate surface area is 181 Å². The highest BCUT2D eigenvalue weighted by atomic mass is 32.2. The number of aromatic nitrogens is 2. The minimum atomic E-state index is -4.06. The van der Waals surface area contributed by atoms with E-state index in [1.54, 1.807) is 0 Å². The maximum absolute atomic E-state index is 11.0. The van der Waals surface area contributed by atoms with Crippen molar-refractivity contribution in [2.45, 2.75) is 37.8 Å². The first-order valence-electron chi connectivity index (χ1n) is 9.97. The van der Waals surface area contributed by atoms with Crippen LogP contribution in [0.3, 0.4) is 0 Å². The smallest absolute Gasteiger partial charge is 0.333 e. The van der Waals surface area contributed by atoms with Gasteiger partial charge in [0.2, 0.25) is 0 Å². The van der Waals surface area contributed by atoms with Gasteiger partial charge < -0.3 is 15.7 Å². The molecular formula is C19H27N7O4S. The topological polar surface area (TPSA) is 176 Å². The van der Waals surface area contributed by atoms with Crippen LogP contribution in [0.2, 0.25) is 0 Å². The first-order valence-corrected chi connectivity index (χ1v) is 11.4. The monoisotopic (exact) mass is 449 g/mol. The van der Waals surface area contributed by atoms with Gasteiger partial charge in [0.15, 0.2) is 17.3 Å². The molecule has 0 spiro atoms. The van der Waals surface area contributed by atoms with Crippen molar-refractivity contribution in [2.75, 3.05) is 23.8 Å². The number of aryl methyl sites for hydroxylation is 1. The second-order valence-corrected chi connectivity index (χ2v) is 8.69. The molecule has 1 aromatic heterocycles. The molecule has 0 radical (unpaired) electrons. The third kappa shape index (κ3) is 6.92. The number of nitrogens with one attached hydrogen (secondary N) is 3. The maximum Gasteiger partial charge on any atom is 0.333 e. The molecule has 1 heterocycles. The third-order valence-corrected chi connectivity index (χ3v) is 5.62. The summed E-state index contributed by atoms with van der Waals surface area (Å²) in [6.07, 6.45) is 3.27. The number of aliphatic hydroxyl groups is 1. The summed E-state index contributed by atoms with van der Waals surface area (Å²) in [5.41, 5.74) is 9.07. The van der Waals surface area contributed by atoms with Crippen molar-refractivity contribution in [2.24, 2.45) is 16.2 Å². The molecule has 1 aliphatic carbocycles. The molecule has 3 atom stereocenters. The molecule has 1 aromatic carbocycles. The Morgan fingerprint density at radius 3 is 2.68 bits per heavy atom. The SMILES string of the molecule is N=Nc1c(NCCCc2ccccc2)ncnc1NC1CC(O)C(COS(N)(=O)=O)C1. The largest absolute Gasteiger partial charge is 0.393 e. The Kier molecular flexibility index (Phi) is 7.85. The van der Waals surface area contributed by atoms with Crippen LogP contribution in [0.1, 0.15) is 24.8 Å². The first-order chi connectivity index (χ1) is 14.9. The minimum absolute atomic E-state index is 0.189. The van der Waals surface area contributed by atoms with Crippen molar-refractivity contribution in [1.29, 1.82) is 5.53 Å². The van der Waals surface area contributed by atoms with E-state index in [1.807, 2.05) is 18.2 Å². The van der Waals surface area contributed by atoms with Gasteiger partial charge in [0.25, 0.3) is 0 Å². The zero-order valence-corrected chi connectivity index (χ0v) is 17.8. The Morgan fingerprint density at radius 1 is 1.23 bits per heavy atom. The van der Waals surface area contributed by atoms with Gasteiger partial charge in [-0.25, -0.2) is 20.6 Å². The third-order valence-electron chi connectivity index (χ3n) is 5.16. The van der Waals surface area contributed by atoms with Gasteiger partial charge in [0, 0.05) is 18.5 Å². The van der Waals surface area contributed by atoms with Crippen molar-refractivity contribution in [1.82, 2.24) is 9.97 Å². The van der Waals surface area contributed by atoms with Gasteiger partial charge in [0.05, 0.1) is 12.7 Å². The predicted octanol–water partition coefficient (Wildman–Crippen LogP) is 1.96. The second kappa shape index (κ2) is 10.6. The maximum atomic E-state index is 11.0. The molecule has 11 nitrogen and oxygen atoms in total. The summed E-state index contributed by atoms with van der Waals surface area (Å²) in [6, 6.07) is 9.97. The van der Waals surface area contributed by atoms with Crippen molar-refractivity contribution in [3.05, 3.63) is 42.2 Å². The number of rotatable bonds is 11. The fourth-order valence-corrected chi connectivity index (χ4v) is 4.00. The highest BCUT2D eigenvalue weighted by Crippen LogP contribution is 2.34. The van der Waals surface area contributed by atoms with Gasteiger partial charge in [-0.05, 0) is 31.2 Å². The quantitative estimate of drug-likeness (QED) is 0.255. The lowest BCUT2D eigenvalue weighted by Gasteiger charge is -2.16. The van der Waals surface area contributed by atoms with Crippen molar-refractivity contribution in [3.63, 3.8) is 0 Å². The van der Waals surface area contributed by atoms with Gasteiger partial charge in [-0.15, -0.1) is 0 Å². The van der Waals surface area contributed by atoms with E-state index in [1.165, 1.54) is 11.9 Å². The van der Waals surface area contributed by atoms with Crippen LogP contribution < -0.4 is 15.8 Å². The fraction of sp³-hybridized carbons (Fsp3) is 0.474. The fourth-order valence-electron chi connectivity index (χ4n) is 3.64. The summed E-state index contributed by atoms with van der Waals surface area (Å²) < 4.78 is 26.6. The lowest BCUT2D eigenvalue weighted by Crippen LogP contribution is -2.24. The van der Waals surface area contributed by atoms with Crippen LogP contribution in [0.15, 0.2) is 41.8 Å². The van der Waals surface area contributed by atoms with Crippen molar-refractivity contribution < 1.29 is 17.7 Å². The van der Waals surface area contributed by atoms with E-state index in [-0.39, 0.29) is 24.3 Å². The Bertz CT molecular complexity index is 974. The summed E-state index contributed by atoms with van der Waals surface area (Å²) in [7, 11) is -4.06. The average molecular weight is 450 g/mol. The molecule has 1 aliphatic rings. The van der Waals surface area contributed by atoms with Gasteiger partial charge in [-0.3, -0.25) is 4.18 Å². The molecule has 168 valence electrons. The predicted molar refractivity (Wildman–Crippen MR) is 115 cm³/mol. The van der Waals surface area contributed by atoms with Crippen LogP contribution in [0.4, 0.5) is 17.3 Å². The molecular weight excluding hydrogens is 422 g/mol. The summed E-state index contributed by atoms with van der Waals surface area (Å²) in [5, 5.41) is 25.0. The number of anilines is 2. The first kappa shape index (κ1) is 23.0. The summed E-state index contributed by atoms with van der Waals surface area (Å²) in [5.74, 6) is 0.443. The molecule has 0 bridgehead atoms. The highest BCUT2D eigenvalue weighted by molar-refractivity contribution is 7.84. The average Bonchev–Trinajstić information content (AvgIpc) is 3.09. The number of aliphatic hydroxyl groups excluding tert-OH is 1. The van der Waals surface area contributed by atoms with Crippen molar-refractivity contribution in [3.8, 4) is 0 Å². The molecule has 6 N–H and O–H groups in total. The van der Waals surface area contributed by atoms with Crippen LogP contribution in [-0.2, 0) is 20.9 Å². The minimum Gasteiger partial charge on any atom is -0.393 e. The molecule has 1 saturated carbocycles. The normalized spacial score (nSPS) is 21.0. The van der Waals surface area contributed by atoms with Gasteiger partial charge in [-0.1, -0.05) is 30.3 Å². The van der Waals surface area contributed by atoms with Crippen LogP contribution in [0, 0.1) is 11.4 Å². The zero-order valence-electron chi connectivity index (χ0n) is 16.9. The summed E-state index contributed by atoms with van der Waals surface area (Å²) in [4.78, 5) is 8.37. The van der Waals surface area contributed by atoms with Gasteiger partial charge in [0.1, 0.15) is 6.33 Å². The lowest BCUT2D eigenvalue weighted by molar-refractivity contribution is 0.101. The molecule has 31 heavy (non-hydrogen) atoms. The van der Waals surface area contributed by atoms with Crippen molar-refractivity contribution >= 4 is 27.6 Å². The molecule has 12 heteroatoms. The molecule has 1 fully saturated rings. The Balaban J connectivity index is 1.56. The number of hydrogen-bond donors (Lipinski definition) is 5. The summed E-state index contributed by atoms with van der Waals surface area (Å²) >= 11 is 0. The number of nitrogens with zero attached hydrogens (tertiary/aromatic N) is 3. The molecule has 0 aliphatic heterocycles. The standard InChI is InChI=1S/C19H27N7O4S/c20-26-17-18(22-8-4-7-13-5-2-1-3-6-13)23-12-24-19(17)25-15-9-14(16(27)10-15)11-30-31(21,28)29/h1-3,5-6,12,14-16,20,27H,4,7-11H2,(H2,21,28,29)(H2,22,23,24,25). The van der Waals surface area contributed by atoms with Crippen LogP contribution in [-0.4, -0.2) is 48.8 Å². The lowest BCUT2D eigenvalue weighted by atomic mass is 10.1. The molecule has 2 aromatic rings. The van der Waals surface area contributed by atoms with E-state index in [0.717, 1.165) is 12.8 Å². The number of hydrogen-bond acceptors (Lipinski definition) is 10. The number of nitrogens with two attached hydrogens (primary N) is 1. The Morgan fingerprint density at radius 2 is 1.97 bits per heavy atom. The van der Waals surface area contributed by atoms with Gasteiger partial charge in [-0.2, -0.15) is 13.5 Å².